The minimum absolute atomic E-state index is 0.00533. The molecule has 72 valence electrons. The summed E-state index contributed by atoms with van der Waals surface area (Å²) in [6.07, 6.45) is 6.22. The maximum Gasteiger partial charge on any atom is 0.331 e. The Bertz CT molecular complexity index is 220. The summed E-state index contributed by atoms with van der Waals surface area (Å²) in [4.78, 5) is 11.2. The summed E-state index contributed by atoms with van der Waals surface area (Å²) < 4.78 is 10.0. The van der Waals surface area contributed by atoms with Crippen LogP contribution in [0.5, 0.6) is 0 Å². The SMILES string of the molecule is O=C(C=C1CCCC1)OC1COC1. The molecule has 0 amide bonds. The monoisotopic (exact) mass is 182 g/mol. The second-order valence-electron chi connectivity index (χ2n) is 3.61. The van der Waals surface area contributed by atoms with Crippen LogP contribution in [-0.4, -0.2) is 25.3 Å². The molecule has 3 nitrogen and oxygen atoms in total. The van der Waals surface area contributed by atoms with E-state index in [1.165, 1.54) is 18.4 Å². The van der Waals surface area contributed by atoms with E-state index >= 15 is 0 Å². The summed E-state index contributed by atoms with van der Waals surface area (Å²) >= 11 is 0. The number of carbonyl (C=O) groups is 1. The van der Waals surface area contributed by atoms with E-state index in [4.69, 9.17) is 9.47 Å². The highest BCUT2D eigenvalue weighted by Crippen LogP contribution is 2.23. The van der Waals surface area contributed by atoms with Gasteiger partial charge in [0.15, 0.2) is 0 Å². The van der Waals surface area contributed by atoms with Crippen molar-refractivity contribution in [1.29, 1.82) is 0 Å². The van der Waals surface area contributed by atoms with E-state index in [-0.39, 0.29) is 12.1 Å². The molecule has 2 aliphatic rings. The van der Waals surface area contributed by atoms with Gasteiger partial charge in [-0.2, -0.15) is 0 Å². The molecule has 2 rings (SSSR count). The molecule has 2 fully saturated rings. The quantitative estimate of drug-likeness (QED) is 0.478. The third-order valence-corrected chi connectivity index (χ3v) is 2.46. The first-order chi connectivity index (χ1) is 6.34. The summed E-state index contributed by atoms with van der Waals surface area (Å²) in [5, 5.41) is 0. The number of hydrogen-bond donors (Lipinski definition) is 0. The van der Waals surface area contributed by atoms with Gasteiger partial charge < -0.3 is 9.47 Å². The van der Waals surface area contributed by atoms with Crippen molar-refractivity contribution in [3.8, 4) is 0 Å². The standard InChI is InChI=1S/C10H14O3/c11-10(13-9-6-12-7-9)5-8-3-1-2-4-8/h5,9H,1-4,6-7H2. The molecule has 0 atom stereocenters. The van der Waals surface area contributed by atoms with Crippen LogP contribution >= 0.6 is 0 Å². The molecule has 1 heterocycles. The van der Waals surface area contributed by atoms with Crippen molar-refractivity contribution in [3.63, 3.8) is 0 Å². The number of esters is 1. The average Bonchev–Trinajstić information content (AvgIpc) is 2.49. The molecule has 0 spiro atoms. The highest BCUT2D eigenvalue weighted by atomic mass is 16.6. The molecule has 1 aliphatic carbocycles. The summed E-state index contributed by atoms with van der Waals surface area (Å²) in [7, 11) is 0. The molecule has 0 bridgehead atoms. The van der Waals surface area contributed by atoms with Crippen LogP contribution in [0.25, 0.3) is 0 Å². The fourth-order valence-corrected chi connectivity index (χ4v) is 1.62. The first-order valence-corrected chi connectivity index (χ1v) is 4.82. The first kappa shape index (κ1) is 8.75. The summed E-state index contributed by atoms with van der Waals surface area (Å²) in [6, 6.07) is 0. The Kier molecular flexibility index (Phi) is 2.64. The van der Waals surface area contributed by atoms with E-state index in [9.17, 15) is 4.79 Å². The molecular weight excluding hydrogens is 168 g/mol. The Labute approximate surface area is 77.7 Å². The fourth-order valence-electron chi connectivity index (χ4n) is 1.62. The number of allylic oxidation sites excluding steroid dienone is 1. The van der Waals surface area contributed by atoms with Crippen LogP contribution < -0.4 is 0 Å². The lowest BCUT2D eigenvalue weighted by Gasteiger charge is -2.24. The molecule has 0 unspecified atom stereocenters. The van der Waals surface area contributed by atoms with Crippen LogP contribution in [0.2, 0.25) is 0 Å². The summed E-state index contributed by atoms with van der Waals surface area (Å²) in [5.74, 6) is -0.190. The number of hydrogen-bond acceptors (Lipinski definition) is 3. The third kappa shape index (κ3) is 2.31. The number of rotatable bonds is 2. The second kappa shape index (κ2) is 3.92. The van der Waals surface area contributed by atoms with E-state index in [0.29, 0.717) is 13.2 Å². The highest BCUT2D eigenvalue weighted by Gasteiger charge is 2.22. The van der Waals surface area contributed by atoms with Gasteiger partial charge in [-0.1, -0.05) is 5.57 Å². The Hall–Kier alpha value is -0.830. The van der Waals surface area contributed by atoms with Crippen molar-refractivity contribution in [2.75, 3.05) is 13.2 Å². The van der Waals surface area contributed by atoms with Crippen LogP contribution in [0, 0.1) is 0 Å². The zero-order valence-electron chi connectivity index (χ0n) is 7.62. The number of carbonyl (C=O) groups excluding carboxylic acids is 1. The lowest BCUT2D eigenvalue weighted by Crippen LogP contribution is -2.37. The van der Waals surface area contributed by atoms with Crippen molar-refractivity contribution >= 4 is 5.97 Å². The first-order valence-electron chi connectivity index (χ1n) is 4.82. The fraction of sp³-hybridized carbons (Fsp3) is 0.700. The van der Waals surface area contributed by atoms with Gasteiger partial charge in [0.2, 0.25) is 0 Å². The normalized spacial score (nSPS) is 22.6. The second-order valence-corrected chi connectivity index (χ2v) is 3.61. The van der Waals surface area contributed by atoms with Crippen LogP contribution in [0.3, 0.4) is 0 Å². The Morgan fingerprint density at radius 2 is 2.08 bits per heavy atom. The van der Waals surface area contributed by atoms with E-state index in [1.807, 2.05) is 0 Å². The largest absolute Gasteiger partial charge is 0.454 e. The predicted octanol–water partition coefficient (Wildman–Crippen LogP) is 1.43. The molecule has 0 aromatic rings. The maximum atomic E-state index is 11.2. The minimum atomic E-state index is -0.190. The van der Waals surface area contributed by atoms with Crippen molar-refractivity contribution in [2.45, 2.75) is 31.8 Å². The molecule has 3 heteroatoms. The van der Waals surface area contributed by atoms with Gasteiger partial charge in [-0.25, -0.2) is 4.79 Å². The Morgan fingerprint density at radius 1 is 1.38 bits per heavy atom. The summed E-state index contributed by atoms with van der Waals surface area (Å²) in [5.41, 5.74) is 1.24. The third-order valence-electron chi connectivity index (χ3n) is 2.46. The van der Waals surface area contributed by atoms with Crippen molar-refractivity contribution in [2.24, 2.45) is 0 Å². The topological polar surface area (TPSA) is 35.5 Å². The molecule has 1 aliphatic heterocycles. The van der Waals surface area contributed by atoms with Gasteiger partial charge in [0, 0.05) is 6.08 Å². The van der Waals surface area contributed by atoms with Crippen LogP contribution in [-0.2, 0) is 14.3 Å². The maximum absolute atomic E-state index is 11.2. The molecule has 1 saturated heterocycles. The Balaban J connectivity index is 1.79. The lowest BCUT2D eigenvalue weighted by molar-refractivity contribution is -0.166. The lowest BCUT2D eigenvalue weighted by atomic mass is 10.2. The van der Waals surface area contributed by atoms with Gasteiger partial charge in [0.05, 0.1) is 13.2 Å². The molecule has 0 aromatic carbocycles. The molecule has 0 aromatic heterocycles. The molecule has 0 N–H and O–H groups in total. The Morgan fingerprint density at radius 3 is 2.62 bits per heavy atom. The smallest absolute Gasteiger partial charge is 0.331 e. The van der Waals surface area contributed by atoms with Crippen LogP contribution in [0.4, 0.5) is 0 Å². The predicted molar refractivity (Wildman–Crippen MR) is 47.3 cm³/mol. The van der Waals surface area contributed by atoms with Gasteiger partial charge in [-0.3, -0.25) is 0 Å². The van der Waals surface area contributed by atoms with Gasteiger partial charge >= 0.3 is 5.97 Å². The van der Waals surface area contributed by atoms with E-state index in [1.54, 1.807) is 6.08 Å². The van der Waals surface area contributed by atoms with Gasteiger partial charge in [-0.05, 0) is 25.7 Å². The van der Waals surface area contributed by atoms with E-state index < -0.39 is 0 Å². The van der Waals surface area contributed by atoms with E-state index in [0.717, 1.165) is 12.8 Å². The zero-order valence-corrected chi connectivity index (χ0v) is 7.62. The minimum Gasteiger partial charge on any atom is -0.454 e. The van der Waals surface area contributed by atoms with Crippen LogP contribution in [0.15, 0.2) is 11.6 Å². The molecule has 13 heavy (non-hydrogen) atoms. The van der Waals surface area contributed by atoms with Crippen molar-refractivity contribution in [3.05, 3.63) is 11.6 Å². The van der Waals surface area contributed by atoms with Crippen molar-refractivity contribution < 1.29 is 14.3 Å². The van der Waals surface area contributed by atoms with Crippen molar-refractivity contribution in [1.82, 2.24) is 0 Å². The van der Waals surface area contributed by atoms with Gasteiger partial charge in [0.1, 0.15) is 6.10 Å². The molecule has 0 radical (unpaired) electrons. The molecule has 1 saturated carbocycles. The molecular formula is C10H14O3. The van der Waals surface area contributed by atoms with E-state index in [2.05, 4.69) is 0 Å². The van der Waals surface area contributed by atoms with Crippen LogP contribution in [0.1, 0.15) is 25.7 Å². The van der Waals surface area contributed by atoms with Gasteiger partial charge in [-0.15, -0.1) is 0 Å². The zero-order chi connectivity index (χ0) is 9.10. The average molecular weight is 182 g/mol. The van der Waals surface area contributed by atoms with Gasteiger partial charge in [0.25, 0.3) is 0 Å². The number of ether oxygens (including phenoxy) is 2. The highest BCUT2D eigenvalue weighted by molar-refractivity contribution is 5.83. The summed E-state index contributed by atoms with van der Waals surface area (Å²) in [6.45, 7) is 1.13.